The Morgan fingerprint density at radius 1 is 1.43 bits per heavy atom. The number of hydroxylamine groups is 1. The lowest BCUT2D eigenvalue weighted by atomic mass is 10.1. The van der Waals surface area contributed by atoms with Crippen LogP contribution in [0, 0.1) is 5.41 Å². The van der Waals surface area contributed by atoms with Crippen molar-refractivity contribution in [3.8, 4) is 5.75 Å². The van der Waals surface area contributed by atoms with Gasteiger partial charge in [-0.15, -0.1) is 23.2 Å². The Morgan fingerprint density at radius 2 is 2.14 bits per heavy atom. The lowest BCUT2D eigenvalue weighted by molar-refractivity contribution is 0.114. The zero-order valence-electron chi connectivity index (χ0n) is 11.9. The van der Waals surface area contributed by atoms with Gasteiger partial charge < -0.3 is 10.1 Å². The fourth-order valence-electron chi connectivity index (χ4n) is 2.02. The number of amides is 2. The average molecular weight is 333 g/mol. The number of hydrogen-bond donors (Lipinski definition) is 2. The summed E-state index contributed by atoms with van der Waals surface area (Å²) in [5.74, 6) is 0.671. The molecule has 1 aliphatic rings. The highest BCUT2D eigenvalue weighted by molar-refractivity contribution is 6.51. The first kappa shape index (κ1) is 16.2. The summed E-state index contributed by atoms with van der Waals surface area (Å²) in [4.78, 5) is 15.8. The van der Waals surface area contributed by atoms with Crippen molar-refractivity contribution >= 4 is 34.9 Å². The van der Waals surface area contributed by atoms with Gasteiger partial charge in [-0.05, 0) is 25.0 Å². The first-order valence-electron chi connectivity index (χ1n) is 6.57. The second-order valence-electron chi connectivity index (χ2n) is 5.33. The molecule has 2 N–H and O–H groups in total. The maximum absolute atomic E-state index is 11.3. The van der Waals surface area contributed by atoms with Crippen molar-refractivity contribution in [2.24, 2.45) is 5.41 Å². The summed E-state index contributed by atoms with van der Waals surface area (Å²) in [5, 5.41) is 2.62. The van der Waals surface area contributed by atoms with Gasteiger partial charge in [0.25, 0.3) is 0 Å². The number of halogens is 2. The number of ether oxygens (including phenoxy) is 1. The van der Waals surface area contributed by atoms with Gasteiger partial charge in [0.15, 0.2) is 0 Å². The maximum atomic E-state index is 11.3. The van der Waals surface area contributed by atoms with Crippen LogP contribution in [0.1, 0.15) is 19.8 Å². The topological polar surface area (TPSA) is 59.6 Å². The van der Waals surface area contributed by atoms with E-state index in [1.807, 2.05) is 13.0 Å². The van der Waals surface area contributed by atoms with E-state index in [0.717, 1.165) is 12.8 Å². The molecule has 2 amide bonds. The van der Waals surface area contributed by atoms with Gasteiger partial charge in [0.05, 0.1) is 13.7 Å². The van der Waals surface area contributed by atoms with E-state index in [-0.39, 0.29) is 5.41 Å². The third kappa shape index (κ3) is 4.15. The van der Waals surface area contributed by atoms with Gasteiger partial charge >= 0.3 is 6.03 Å². The van der Waals surface area contributed by atoms with Gasteiger partial charge in [0, 0.05) is 17.2 Å². The number of anilines is 1. The Balaban J connectivity index is 1.83. The van der Waals surface area contributed by atoms with E-state index in [9.17, 15) is 4.79 Å². The van der Waals surface area contributed by atoms with Crippen LogP contribution in [-0.2, 0) is 4.84 Å². The lowest BCUT2D eigenvalue weighted by Crippen LogP contribution is -2.27. The third-order valence-corrected chi connectivity index (χ3v) is 4.76. The molecule has 1 aromatic carbocycles. The predicted molar refractivity (Wildman–Crippen MR) is 82.9 cm³/mol. The molecule has 116 valence electrons. The minimum atomic E-state index is -0.627. The van der Waals surface area contributed by atoms with Crippen LogP contribution in [0.25, 0.3) is 0 Å². The second kappa shape index (κ2) is 6.30. The van der Waals surface area contributed by atoms with E-state index in [4.69, 9.17) is 27.9 Å². The quantitative estimate of drug-likeness (QED) is 0.616. The summed E-state index contributed by atoms with van der Waals surface area (Å²) in [5.41, 5.74) is 2.71. The van der Waals surface area contributed by atoms with Crippen molar-refractivity contribution < 1.29 is 14.4 Å². The predicted octanol–water partition coefficient (Wildman–Crippen LogP) is 3.72. The van der Waals surface area contributed by atoms with Gasteiger partial charge in [0.1, 0.15) is 10.1 Å². The van der Waals surface area contributed by atoms with Crippen molar-refractivity contribution in [3.63, 3.8) is 0 Å². The molecule has 1 unspecified atom stereocenters. The number of nitrogens with one attached hydrogen (secondary N) is 2. The largest absolute Gasteiger partial charge is 0.493 e. The average Bonchev–Trinajstić information content (AvgIpc) is 2.88. The zero-order chi connectivity index (χ0) is 15.5. The van der Waals surface area contributed by atoms with Crippen LogP contribution in [0.5, 0.6) is 5.75 Å². The molecule has 0 bridgehead atoms. The van der Waals surface area contributed by atoms with E-state index in [0.29, 0.717) is 18.0 Å². The molecule has 1 aliphatic carbocycles. The molecule has 0 spiro atoms. The molecule has 1 fully saturated rings. The Labute approximate surface area is 133 Å². The molecular formula is C14H18Cl2N2O3. The Morgan fingerprint density at radius 3 is 2.76 bits per heavy atom. The molecule has 1 saturated carbocycles. The minimum absolute atomic E-state index is 0.0790. The Bertz CT molecular complexity index is 525. The van der Waals surface area contributed by atoms with E-state index in [1.165, 1.54) is 7.11 Å². The smallest absolute Gasteiger partial charge is 0.343 e. The number of urea groups is 1. The molecular weight excluding hydrogens is 315 g/mol. The van der Waals surface area contributed by atoms with Crippen LogP contribution >= 0.6 is 23.2 Å². The first-order valence-corrected chi connectivity index (χ1v) is 7.33. The highest BCUT2D eigenvalue weighted by Gasteiger charge is 2.62. The zero-order valence-corrected chi connectivity index (χ0v) is 13.4. The van der Waals surface area contributed by atoms with Crippen LogP contribution in [0.15, 0.2) is 24.3 Å². The van der Waals surface area contributed by atoms with E-state index < -0.39 is 10.4 Å². The summed E-state index contributed by atoms with van der Waals surface area (Å²) in [6, 6.07) is 6.66. The molecule has 5 nitrogen and oxygen atoms in total. The molecule has 0 aliphatic heterocycles. The first-order chi connectivity index (χ1) is 9.86. The lowest BCUT2D eigenvalue weighted by Gasteiger charge is -2.13. The number of hydrogen-bond acceptors (Lipinski definition) is 3. The molecule has 7 heteroatoms. The molecule has 0 heterocycles. The number of alkyl halides is 2. The fraction of sp³-hybridized carbons (Fsp3) is 0.500. The summed E-state index contributed by atoms with van der Waals surface area (Å²) >= 11 is 12.2. The molecule has 21 heavy (non-hydrogen) atoms. The molecule has 2 rings (SSSR count). The van der Waals surface area contributed by atoms with Gasteiger partial charge in [0.2, 0.25) is 0 Å². The maximum Gasteiger partial charge on any atom is 0.343 e. The normalized spacial score (nSPS) is 22.5. The Kier molecular flexibility index (Phi) is 4.86. The molecule has 0 aromatic heterocycles. The van der Waals surface area contributed by atoms with Crippen LogP contribution in [0.2, 0.25) is 0 Å². The second-order valence-corrected chi connectivity index (χ2v) is 6.81. The van der Waals surface area contributed by atoms with Crippen LogP contribution in [0.4, 0.5) is 10.5 Å². The van der Waals surface area contributed by atoms with Crippen LogP contribution in [0.3, 0.4) is 0 Å². The summed E-state index contributed by atoms with van der Waals surface area (Å²) in [6.07, 6.45) is 1.56. The molecule has 0 saturated heterocycles. The van der Waals surface area contributed by atoms with Crippen molar-refractivity contribution in [2.45, 2.75) is 24.1 Å². The van der Waals surface area contributed by atoms with E-state index >= 15 is 0 Å². The van der Waals surface area contributed by atoms with Gasteiger partial charge in [-0.1, -0.05) is 13.0 Å². The van der Waals surface area contributed by atoms with E-state index in [2.05, 4.69) is 15.6 Å². The van der Waals surface area contributed by atoms with Crippen molar-refractivity contribution in [3.05, 3.63) is 24.3 Å². The van der Waals surface area contributed by atoms with Crippen molar-refractivity contribution in [1.82, 2.24) is 5.48 Å². The number of rotatable bonds is 6. The molecule has 1 atom stereocenters. The third-order valence-electron chi connectivity index (χ3n) is 3.58. The van der Waals surface area contributed by atoms with Gasteiger partial charge in [-0.25, -0.2) is 10.3 Å². The Hall–Kier alpha value is -1.17. The van der Waals surface area contributed by atoms with Crippen LogP contribution in [-0.4, -0.2) is 24.1 Å². The monoisotopic (exact) mass is 332 g/mol. The number of carbonyl (C=O) groups is 1. The molecule has 0 radical (unpaired) electrons. The van der Waals surface area contributed by atoms with Crippen LogP contribution < -0.4 is 15.5 Å². The standard InChI is InChI=1S/C14H18Cl2N2O3/c1-13(9-14(13,15)16)6-7-21-11-5-3-4-10(8-11)17-12(19)18-20-2/h3-5,8H,6-7,9H2,1-2H3,(H2,17,18,19). The van der Waals surface area contributed by atoms with Crippen molar-refractivity contribution in [2.75, 3.05) is 19.0 Å². The minimum Gasteiger partial charge on any atom is -0.493 e. The van der Waals surface area contributed by atoms with E-state index in [1.54, 1.807) is 18.2 Å². The number of benzene rings is 1. The summed E-state index contributed by atoms with van der Waals surface area (Å²) in [6.45, 7) is 2.56. The molecule has 1 aromatic rings. The highest BCUT2D eigenvalue weighted by Crippen LogP contribution is 2.65. The summed E-state index contributed by atoms with van der Waals surface area (Å²) in [7, 11) is 1.37. The number of carbonyl (C=O) groups excluding carboxylic acids is 1. The highest BCUT2D eigenvalue weighted by atomic mass is 35.5. The SMILES string of the molecule is CONC(=O)Nc1cccc(OCCC2(C)CC2(Cl)Cl)c1. The van der Waals surface area contributed by atoms with Gasteiger partial charge in [-0.3, -0.25) is 4.84 Å². The fourth-order valence-corrected chi connectivity index (χ4v) is 2.80. The van der Waals surface area contributed by atoms with Gasteiger partial charge in [-0.2, -0.15) is 0 Å². The summed E-state index contributed by atoms with van der Waals surface area (Å²) < 4.78 is 5.05. The van der Waals surface area contributed by atoms with Crippen molar-refractivity contribution in [1.29, 1.82) is 0 Å².